The molecule has 0 saturated heterocycles. The van der Waals surface area contributed by atoms with E-state index in [1.165, 1.54) is 65.0 Å². The van der Waals surface area contributed by atoms with E-state index in [4.69, 9.17) is 18.9 Å². The lowest BCUT2D eigenvalue weighted by Gasteiger charge is -2.25. The van der Waals surface area contributed by atoms with Crippen LogP contribution in [0.2, 0.25) is 0 Å². The molecule has 3 aromatic rings. The minimum Gasteiger partial charge on any atom is -0.497 e. The van der Waals surface area contributed by atoms with Crippen LogP contribution in [-0.4, -0.2) is 61.7 Å². The Morgan fingerprint density at radius 1 is 0.872 bits per heavy atom. The molecule has 206 valence electrons. The summed E-state index contributed by atoms with van der Waals surface area (Å²) in [6.45, 7) is -0.618. The molecular formula is C26H27N3O9S. The molecule has 0 fully saturated rings. The molecule has 3 aromatic carbocycles. The zero-order valence-corrected chi connectivity index (χ0v) is 22.4. The van der Waals surface area contributed by atoms with E-state index in [1.54, 1.807) is 36.4 Å². The Kier molecular flexibility index (Phi) is 9.70. The van der Waals surface area contributed by atoms with E-state index in [0.29, 0.717) is 11.3 Å². The number of hydrogen-bond donors (Lipinski definition) is 1. The highest BCUT2D eigenvalue weighted by molar-refractivity contribution is 7.92. The zero-order valence-electron chi connectivity index (χ0n) is 21.6. The van der Waals surface area contributed by atoms with Crippen LogP contribution in [0.15, 0.2) is 76.7 Å². The van der Waals surface area contributed by atoms with Crippen LogP contribution in [-0.2, 0) is 19.6 Å². The van der Waals surface area contributed by atoms with Gasteiger partial charge < -0.3 is 23.7 Å². The van der Waals surface area contributed by atoms with Crippen LogP contribution >= 0.6 is 0 Å². The van der Waals surface area contributed by atoms with Crippen molar-refractivity contribution in [3.05, 3.63) is 72.3 Å². The predicted molar refractivity (Wildman–Crippen MR) is 142 cm³/mol. The number of rotatable bonds is 11. The van der Waals surface area contributed by atoms with Crippen molar-refractivity contribution < 1.29 is 41.7 Å². The summed E-state index contributed by atoms with van der Waals surface area (Å²) in [5.74, 6) is 0.202. The van der Waals surface area contributed by atoms with Crippen molar-refractivity contribution in [1.82, 2.24) is 5.43 Å². The molecule has 0 spiro atoms. The van der Waals surface area contributed by atoms with Crippen molar-refractivity contribution in [3.63, 3.8) is 0 Å². The molecule has 0 bridgehead atoms. The Labute approximate surface area is 225 Å². The summed E-state index contributed by atoms with van der Waals surface area (Å²) in [5, 5.41) is 3.91. The second kappa shape index (κ2) is 13.1. The van der Waals surface area contributed by atoms with Crippen LogP contribution < -0.4 is 28.7 Å². The number of methoxy groups -OCH3 is 4. The van der Waals surface area contributed by atoms with Gasteiger partial charge in [0.05, 0.1) is 45.2 Å². The molecule has 0 radical (unpaired) electrons. The quantitative estimate of drug-likeness (QED) is 0.163. The maximum Gasteiger partial charge on any atom is 0.513 e. The maximum atomic E-state index is 13.6. The van der Waals surface area contributed by atoms with Crippen LogP contribution in [0.5, 0.6) is 23.0 Å². The summed E-state index contributed by atoms with van der Waals surface area (Å²) in [5.41, 5.74) is 2.92. The molecule has 12 nitrogen and oxygen atoms in total. The monoisotopic (exact) mass is 557 g/mol. The summed E-state index contributed by atoms with van der Waals surface area (Å²) in [4.78, 5) is 24.2. The second-order valence-corrected chi connectivity index (χ2v) is 9.48. The van der Waals surface area contributed by atoms with Gasteiger partial charge in [0.15, 0.2) is 11.5 Å². The largest absolute Gasteiger partial charge is 0.513 e. The number of carbonyl (C=O) groups is 2. The average Bonchev–Trinajstić information content (AvgIpc) is 2.96. The summed E-state index contributed by atoms with van der Waals surface area (Å²) in [6.07, 6.45) is 0.398. The number of anilines is 1. The fraction of sp³-hybridized carbons (Fsp3) is 0.192. The molecule has 0 aliphatic heterocycles. The summed E-state index contributed by atoms with van der Waals surface area (Å²) < 4.78 is 53.4. The van der Waals surface area contributed by atoms with Crippen LogP contribution in [0.4, 0.5) is 10.5 Å². The Morgan fingerprint density at radius 3 is 2.21 bits per heavy atom. The number of hydrogen-bond acceptors (Lipinski definition) is 10. The molecule has 0 aliphatic carbocycles. The van der Waals surface area contributed by atoms with Gasteiger partial charge in [0.1, 0.15) is 18.0 Å². The molecule has 1 N–H and O–H groups in total. The maximum absolute atomic E-state index is 13.6. The van der Waals surface area contributed by atoms with Crippen LogP contribution in [0, 0.1) is 0 Å². The van der Waals surface area contributed by atoms with Gasteiger partial charge in [-0.1, -0.05) is 18.2 Å². The third kappa shape index (κ3) is 7.17. The first kappa shape index (κ1) is 28.8. The molecule has 0 aliphatic rings. The van der Waals surface area contributed by atoms with E-state index in [9.17, 15) is 18.0 Å². The number of ether oxygens (including phenoxy) is 5. The topological polar surface area (TPSA) is 142 Å². The van der Waals surface area contributed by atoms with Crippen LogP contribution in [0.1, 0.15) is 5.56 Å². The first-order valence-corrected chi connectivity index (χ1v) is 12.7. The van der Waals surface area contributed by atoms with E-state index in [1.807, 2.05) is 0 Å². The normalized spacial score (nSPS) is 11.0. The van der Waals surface area contributed by atoms with E-state index >= 15 is 0 Å². The third-order valence-corrected chi connectivity index (χ3v) is 7.00. The van der Waals surface area contributed by atoms with Gasteiger partial charge >= 0.3 is 6.16 Å². The molecule has 0 atom stereocenters. The standard InChI is InChI=1S/C26H27N3O9S/c1-34-19-11-13-22(35-2)21(15-19)29(39(32,33)20-8-6-5-7-9-20)17-25(30)28-27-16-18-10-12-23(24(14-18)36-3)38-26(31)37-4/h5-16H,17H2,1-4H3,(H,28,30)/b27-16-. The third-order valence-electron chi connectivity index (χ3n) is 5.22. The summed E-state index contributed by atoms with van der Waals surface area (Å²) in [7, 11) is 1.19. The Morgan fingerprint density at radius 2 is 1.56 bits per heavy atom. The van der Waals surface area contributed by atoms with E-state index in [2.05, 4.69) is 15.3 Å². The Hall–Kier alpha value is -4.78. The number of sulfonamides is 1. The molecule has 1 amide bonds. The van der Waals surface area contributed by atoms with Gasteiger partial charge in [-0.15, -0.1) is 0 Å². The van der Waals surface area contributed by atoms with Crippen molar-refractivity contribution in [2.45, 2.75) is 4.90 Å². The smallest absolute Gasteiger partial charge is 0.497 e. The first-order valence-electron chi connectivity index (χ1n) is 11.3. The lowest BCUT2D eigenvalue weighted by atomic mass is 10.2. The number of nitrogens with zero attached hydrogens (tertiary/aromatic N) is 2. The number of amides is 1. The van der Waals surface area contributed by atoms with Gasteiger partial charge in [-0.2, -0.15) is 5.10 Å². The molecule has 0 aromatic heterocycles. The van der Waals surface area contributed by atoms with Crippen LogP contribution in [0.25, 0.3) is 0 Å². The fourth-order valence-corrected chi connectivity index (χ4v) is 4.78. The Bertz CT molecular complexity index is 1440. The SMILES string of the molecule is COC(=O)Oc1ccc(/C=N\NC(=O)CN(c2cc(OC)ccc2OC)S(=O)(=O)c2ccccc2)cc1OC. The zero-order chi connectivity index (χ0) is 28.4. The molecule has 0 saturated carbocycles. The highest BCUT2D eigenvalue weighted by atomic mass is 32.2. The molecule has 0 unspecified atom stereocenters. The molecule has 0 heterocycles. The predicted octanol–water partition coefficient (Wildman–Crippen LogP) is 3.20. The average molecular weight is 558 g/mol. The Balaban J connectivity index is 1.86. The summed E-state index contributed by atoms with van der Waals surface area (Å²) >= 11 is 0. The van der Waals surface area contributed by atoms with Gasteiger partial charge in [0, 0.05) is 6.07 Å². The van der Waals surface area contributed by atoms with Crippen molar-refractivity contribution in [1.29, 1.82) is 0 Å². The number of nitrogens with one attached hydrogen (secondary N) is 1. The lowest BCUT2D eigenvalue weighted by molar-refractivity contribution is -0.119. The van der Waals surface area contributed by atoms with Crippen molar-refractivity contribution >= 4 is 34.0 Å². The number of hydrazone groups is 1. The molecule has 3 rings (SSSR count). The first-order chi connectivity index (χ1) is 18.7. The van der Waals surface area contributed by atoms with E-state index in [-0.39, 0.29) is 27.8 Å². The van der Waals surface area contributed by atoms with Crippen molar-refractivity contribution in [2.75, 3.05) is 39.3 Å². The van der Waals surface area contributed by atoms with Crippen molar-refractivity contribution in [2.24, 2.45) is 5.10 Å². The fourth-order valence-electron chi connectivity index (χ4n) is 3.34. The minimum atomic E-state index is -4.19. The number of carbonyl (C=O) groups excluding carboxylic acids is 2. The van der Waals surface area contributed by atoms with Gasteiger partial charge in [0.2, 0.25) is 0 Å². The molecule has 39 heavy (non-hydrogen) atoms. The van der Waals surface area contributed by atoms with Crippen LogP contribution in [0.3, 0.4) is 0 Å². The second-order valence-electron chi connectivity index (χ2n) is 7.62. The highest BCUT2D eigenvalue weighted by Crippen LogP contribution is 2.35. The summed E-state index contributed by atoms with van der Waals surface area (Å²) in [6, 6.07) is 16.8. The van der Waals surface area contributed by atoms with Gasteiger partial charge in [-0.3, -0.25) is 9.10 Å². The minimum absolute atomic E-state index is 0.0208. The van der Waals surface area contributed by atoms with Crippen molar-refractivity contribution in [3.8, 4) is 23.0 Å². The van der Waals surface area contributed by atoms with Gasteiger partial charge in [0.25, 0.3) is 15.9 Å². The highest BCUT2D eigenvalue weighted by Gasteiger charge is 2.29. The van der Waals surface area contributed by atoms with Gasteiger partial charge in [-0.25, -0.2) is 18.6 Å². The number of benzene rings is 3. The molecule has 13 heteroatoms. The van der Waals surface area contributed by atoms with E-state index < -0.39 is 28.6 Å². The molecular weight excluding hydrogens is 530 g/mol. The van der Waals surface area contributed by atoms with Gasteiger partial charge in [-0.05, 0) is 48.0 Å². The lowest BCUT2D eigenvalue weighted by Crippen LogP contribution is -2.39. The van der Waals surface area contributed by atoms with E-state index in [0.717, 1.165) is 4.31 Å².